The van der Waals surface area contributed by atoms with E-state index in [-0.39, 0.29) is 154 Å². The highest BCUT2D eigenvalue weighted by atomic mass is 16.7. The van der Waals surface area contributed by atoms with E-state index in [1.54, 1.807) is 153 Å². The third kappa shape index (κ3) is 28.9. The third-order valence-electron chi connectivity index (χ3n) is 38.2. The predicted molar refractivity (Wildman–Crippen MR) is 551 cm³/mol. The Kier molecular flexibility index (Phi) is 47.8. The fraction of sp³-hybridized carbons (Fsp3) is 0.903. The summed E-state index contributed by atoms with van der Waals surface area (Å²) >= 11 is 0. The number of methoxy groups -OCH3 is 5. The zero-order valence-electron chi connectivity index (χ0n) is 97.3. The summed E-state index contributed by atoms with van der Waals surface area (Å²) < 4.78 is 83.2. The summed E-state index contributed by atoms with van der Waals surface area (Å²) in [6.07, 6.45) is -7.22. The second kappa shape index (κ2) is 52.5. The second-order valence-corrected chi connectivity index (χ2v) is 47.6. The van der Waals surface area contributed by atoms with E-state index < -0.39 is 247 Å². The summed E-state index contributed by atoms with van der Waals surface area (Å²) in [5, 5.41) is 102. The van der Waals surface area contributed by atoms with Crippen molar-refractivity contribution < 1.29 is 165 Å². The summed E-state index contributed by atoms with van der Waals surface area (Å²) in [6, 6.07) is 0. The first-order valence-corrected chi connectivity index (χ1v) is 54.3. The minimum atomic E-state index is -1.93. The number of ketones is 6. The fourth-order valence-electron chi connectivity index (χ4n) is 24.1. The van der Waals surface area contributed by atoms with Crippen molar-refractivity contribution >= 4 is 64.5 Å². The molecule has 7 aliphatic heterocycles. The van der Waals surface area contributed by atoms with Crippen LogP contribution in [0.15, 0.2) is 0 Å². The zero-order valence-corrected chi connectivity index (χ0v) is 97.3. The SMILES string of the molecule is CC[C@H]1OC(=O)[C@H](C)C(=O)[C@H](C)[C@@H](C)[C@](C)(OC)C[C@@H](C)C(=O)C[C@@]2(CC)CC(=O)O[C@]12C.CC[C@H]1OC(=O)[C@H](C)C(=O)[C@H](C)[C@@H](C)[C@](C)(OC)C[C@@H](C)C(=O)C[C@](O)(CC)[C@]1(C)O.CC[C@H]1OC(=O)[C@H](C)[C@@H](O[C@H]2C[C@@](C)(OC)[C@@H](O)[C@H](C)O2)[C@H](C)[C@@H](C)[C@](C)(O)C[C@@H](C)C(=O)C[C@](O)(CC)[C@]1(C)O.CC[C@H]1OC(=O)[C@H](C)[C@@H](O[C@H]2C[C@@](C)(OC)[C@@H](O)[C@H](C)O2)[C@H](C)[C@@H](C)[C@](C)(OC)C[C@@H](C)C(=O)C[C@](O)(CC)[C@]1(C)O. The molecule has 34 heteroatoms. The van der Waals surface area contributed by atoms with Crippen LogP contribution in [0.3, 0.4) is 0 Å². The van der Waals surface area contributed by atoms with Gasteiger partial charge in [0.15, 0.2) is 18.2 Å². The highest BCUT2D eigenvalue weighted by Gasteiger charge is 2.65. The lowest BCUT2D eigenvalue weighted by Crippen LogP contribution is -2.61. The highest BCUT2D eigenvalue weighted by Crippen LogP contribution is 2.55. The molecule has 7 rings (SSSR count). The van der Waals surface area contributed by atoms with Gasteiger partial charge in [0, 0.05) is 115 Å². The smallest absolute Gasteiger partial charge is 0.316 e. The normalized spacial score (nSPS) is 46.6. The molecule has 9 N–H and O–H groups in total. The van der Waals surface area contributed by atoms with Crippen molar-refractivity contribution in [2.75, 3.05) is 35.5 Å². The van der Waals surface area contributed by atoms with Gasteiger partial charge in [0.1, 0.15) is 117 Å². The number of hydrogen-bond acceptors (Lipinski definition) is 34. The number of carbonyl (C=O) groups excluding carboxylic acids is 11. The Labute approximate surface area is 878 Å². The Morgan fingerprint density at radius 3 is 0.871 bits per heavy atom. The van der Waals surface area contributed by atoms with Gasteiger partial charge in [-0.25, -0.2) is 0 Å². The standard InChI is InChI=1S/C32H58O10.C31H56O10.C26H42O7.C24H42O7/c1-13-24-31(10,36)32(37,14-2)16-23(33)18(3)15-29(8,38-11)21(6)19(4)26(20(5)28(35)41-24)42-25-17-30(9,39-12)27(34)22(7)40-25;1-12-23-30(10,36)31(37,13-2)15-22(32)17(3)14-28(8,35)20(6)18(4)25(19(5)27(34)40-23)41-24-16-29(9,38-11)26(33)21(7)39-24;1-10-20-25(8)26(11-2,14-21(28)33-25)13-19(27)15(3)12-24(7,31-9)18(6)16(4)22(29)17(5)23(30)32-20;1-10-19-23(8,28)24(29,11-2)13-18(25)14(3)12-22(7,30-9)17(6)15(4)20(26)16(5)21(27)31-19/h18-22,24-27,34,36-37H,13-17H2,1-12H3;17-21,23-26,33,35-37H,12-16H2,1-11H3;15-18,20H,10-14H2,1-9H3;14-17,19,28-29H,10-13H2,1-9H3/t18-,19-,20-,21-,22+,24-,25+,26+,27+,29-,30-,31-,32-;17-,18-,19-,20-,21+,23-,24+,25+,26+,28-,29-,30-,31-;15-,16-,17-,18-,20-,24-,25-,26+;14-,15-,16-,17-,19-,22-,23-,24-/m1111/s1. The number of cyclic esters (lactones) is 4. The number of aliphatic hydroxyl groups excluding tert-OH is 2. The lowest BCUT2D eigenvalue weighted by atomic mass is 9.63. The average Bonchev–Trinajstić information content (AvgIpc) is 1.58. The van der Waals surface area contributed by atoms with Gasteiger partial charge >= 0.3 is 29.8 Å². The van der Waals surface area contributed by atoms with Crippen molar-refractivity contribution in [1.29, 1.82) is 0 Å². The number of hydrogen-bond donors (Lipinski definition) is 9. The van der Waals surface area contributed by atoms with Crippen molar-refractivity contribution in [2.24, 2.45) is 100 Å². The summed E-state index contributed by atoms with van der Waals surface area (Å²) in [4.78, 5) is 146. The van der Waals surface area contributed by atoms with Gasteiger partial charge in [-0.15, -0.1) is 0 Å². The molecule has 7 aliphatic rings. The summed E-state index contributed by atoms with van der Waals surface area (Å²) in [7, 11) is 7.79. The topological polar surface area (TPSA) is 499 Å². The molecule has 0 aromatic heterocycles. The number of rotatable bonds is 17. The molecule has 7 fully saturated rings. The molecular formula is C113H198O34. The second-order valence-electron chi connectivity index (χ2n) is 47.6. The van der Waals surface area contributed by atoms with Crippen LogP contribution in [0.2, 0.25) is 0 Å². The van der Waals surface area contributed by atoms with E-state index in [2.05, 4.69) is 0 Å². The van der Waals surface area contributed by atoms with Crippen LogP contribution in [-0.4, -0.2) is 292 Å². The fourth-order valence-corrected chi connectivity index (χ4v) is 24.1. The molecule has 34 nitrogen and oxygen atoms in total. The van der Waals surface area contributed by atoms with E-state index in [0.717, 1.165) is 0 Å². The van der Waals surface area contributed by atoms with Gasteiger partial charge in [0.05, 0.1) is 76.3 Å². The maximum atomic E-state index is 13.8. The number of carbonyl (C=O) groups is 11. The molecule has 0 spiro atoms. The maximum absolute atomic E-state index is 13.8. The quantitative estimate of drug-likeness (QED) is 0.0371. The molecule has 42 atom stereocenters. The summed E-state index contributed by atoms with van der Waals surface area (Å²) in [5.41, 5.74) is -18.6. The zero-order chi connectivity index (χ0) is 114. The Morgan fingerprint density at radius 1 is 0.313 bits per heavy atom. The van der Waals surface area contributed by atoms with Crippen LogP contribution in [0.25, 0.3) is 0 Å². The van der Waals surface area contributed by atoms with Crippen LogP contribution in [0.1, 0.15) is 371 Å². The van der Waals surface area contributed by atoms with Crippen LogP contribution in [-0.2, 0) is 119 Å². The molecule has 0 unspecified atom stereocenters. The number of Topliss-reactive ketones (excluding diaryl/α,β-unsaturated/α-hetero) is 6. The third-order valence-corrected chi connectivity index (χ3v) is 38.2. The molecule has 7 heterocycles. The number of fused-ring (bicyclic) bond motifs is 1. The minimum absolute atomic E-state index is 0.0161. The lowest BCUT2D eigenvalue weighted by Gasteiger charge is -2.48. The first-order valence-electron chi connectivity index (χ1n) is 54.3. The monoisotopic (exact) mass is 2100 g/mol. The van der Waals surface area contributed by atoms with E-state index in [1.807, 2.05) is 90.0 Å². The Morgan fingerprint density at radius 2 is 0.585 bits per heavy atom. The molecule has 0 aliphatic carbocycles. The summed E-state index contributed by atoms with van der Waals surface area (Å²) in [6.45, 7) is 63.2. The number of aliphatic hydroxyl groups is 9. The largest absolute Gasteiger partial charge is 0.459 e. The van der Waals surface area contributed by atoms with Crippen LogP contribution in [0.4, 0.5) is 0 Å². The van der Waals surface area contributed by atoms with Gasteiger partial charge in [-0.05, 0) is 223 Å². The molecule has 0 amide bonds. The first kappa shape index (κ1) is 134. The number of esters is 5. The van der Waals surface area contributed by atoms with Crippen LogP contribution in [0, 0.1) is 100 Å². The van der Waals surface area contributed by atoms with Gasteiger partial charge in [-0.3, -0.25) is 52.7 Å². The maximum Gasteiger partial charge on any atom is 0.316 e. The van der Waals surface area contributed by atoms with Crippen molar-refractivity contribution in [3.8, 4) is 0 Å². The van der Waals surface area contributed by atoms with Crippen LogP contribution in [0.5, 0.6) is 0 Å². The van der Waals surface area contributed by atoms with Gasteiger partial charge in [0.25, 0.3) is 0 Å². The van der Waals surface area contributed by atoms with Gasteiger partial charge in [0.2, 0.25) is 0 Å². The molecule has 147 heavy (non-hydrogen) atoms. The predicted octanol–water partition coefficient (Wildman–Crippen LogP) is 14.3. The Hall–Kier alpha value is -5.35. The van der Waals surface area contributed by atoms with Gasteiger partial charge < -0.3 is 112 Å². The Bertz CT molecular complexity index is 4360. The molecule has 0 radical (unpaired) electrons. The van der Waals surface area contributed by atoms with E-state index in [9.17, 15) is 98.7 Å². The van der Waals surface area contributed by atoms with E-state index in [1.165, 1.54) is 41.9 Å². The molecule has 0 aromatic carbocycles. The van der Waals surface area contributed by atoms with E-state index >= 15 is 0 Å². The average molecular weight is 2100 g/mol. The minimum Gasteiger partial charge on any atom is -0.459 e. The van der Waals surface area contributed by atoms with Crippen LogP contribution >= 0.6 is 0 Å². The van der Waals surface area contributed by atoms with Gasteiger partial charge in [-0.2, -0.15) is 0 Å². The summed E-state index contributed by atoms with van der Waals surface area (Å²) in [5.74, 6) is -12.6. The first-order chi connectivity index (χ1) is 67.3. The molecule has 854 valence electrons. The molecular weight excluding hydrogens is 1900 g/mol. The molecule has 0 aromatic rings. The number of ether oxygens (including phenoxy) is 14. The van der Waals surface area contributed by atoms with Gasteiger partial charge in [-0.1, -0.05) is 138 Å². The van der Waals surface area contributed by atoms with Crippen molar-refractivity contribution in [1.82, 2.24) is 0 Å². The van der Waals surface area contributed by atoms with E-state index in [0.29, 0.717) is 32.1 Å². The van der Waals surface area contributed by atoms with E-state index in [4.69, 9.17) is 66.3 Å². The molecule has 0 bridgehead atoms. The molecule has 0 saturated carbocycles. The van der Waals surface area contributed by atoms with Crippen molar-refractivity contribution in [3.63, 3.8) is 0 Å². The molecule has 7 saturated heterocycles. The van der Waals surface area contributed by atoms with Crippen molar-refractivity contribution in [2.45, 2.75) is 518 Å². The lowest BCUT2D eigenvalue weighted by molar-refractivity contribution is -0.298. The van der Waals surface area contributed by atoms with Crippen LogP contribution < -0.4 is 0 Å². The Balaban J connectivity index is 0.000000411. The van der Waals surface area contributed by atoms with Crippen molar-refractivity contribution in [3.05, 3.63) is 0 Å². The highest BCUT2D eigenvalue weighted by molar-refractivity contribution is 6.01.